The molecule has 3 rings (SSSR count). The number of hydrogen-bond donors (Lipinski definition) is 0. The van der Waals surface area contributed by atoms with E-state index in [1.807, 2.05) is 11.5 Å². The minimum Gasteiger partial charge on any atom is -0.372 e. The zero-order chi connectivity index (χ0) is 14.3. The molecule has 20 heavy (non-hydrogen) atoms. The Bertz CT molecular complexity index is 565. The fourth-order valence-electron chi connectivity index (χ4n) is 2.99. The lowest BCUT2D eigenvalue weighted by molar-refractivity contribution is -0.0114. The highest BCUT2D eigenvalue weighted by molar-refractivity contribution is 7.89. The Hall–Kier alpha value is -0.560. The molecule has 2 aliphatic heterocycles. The van der Waals surface area contributed by atoms with Crippen molar-refractivity contribution in [2.75, 3.05) is 13.1 Å². The summed E-state index contributed by atoms with van der Waals surface area (Å²) in [6.45, 7) is 3.62. The highest BCUT2D eigenvalue weighted by atomic mass is 35.5. The van der Waals surface area contributed by atoms with Crippen molar-refractivity contribution in [2.24, 2.45) is 0 Å². The topological polar surface area (TPSA) is 51.5 Å². The molecule has 0 saturated carbocycles. The Morgan fingerprint density at radius 3 is 2.50 bits per heavy atom. The number of halogens is 1. The van der Waals surface area contributed by atoms with Gasteiger partial charge >= 0.3 is 0 Å². The minimum absolute atomic E-state index is 0.0595. The third kappa shape index (κ3) is 2.39. The summed E-state index contributed by atoms with van der Waals surface area (Å²) < 4.78 is 34.6. The van der Waals surface area contributed by atoms with Gasteiger partial charge in [0.25, 0.3) is 0 Å². The molecule has 7 heteroatoms. The molecule has 112 valence electrons. The van der Waals surface area contributed by atoms with Gasteiger partial charge in [-0.15, -0.1) is 11.6 Å². The molecular formula is C13H19ClN2O3S. The van der Waals surface area contributed by atoms with Crippen LogP contribution in [0.25, 0.3) is 0 Å². The summed E-state index contributed by atoms with van der Waals surface area (Å²) in [7, 11) is -3.44. The molecule has 0 N–H and O–H groups in total. The Labute approximate surface area is 124 Å². The Balaban J connectivity index is 1.89. The second-order valence-electron chi connectivity index (χ2n) is 5.37. The SMILES string of the molecule is CCn1cc(S(=O)(=O)N2CC3CCC(C2)O3)cc1CCl. The largest absolute Gasteiger partial charge is 0.372 e. The predicted octanol–water partition coefficient (Wildman–Crippen LogP) is 1.80. The predicted molar refractivity (Wildman–Crippen MR) is 76.3 cm³/mol. The molecule has 2 aliphatic rings. The summed E-state index contributed by atoms with van der Waals surface area (Å²) in [6, 6.07) is 1.68. The molecule has 0 radical (unpaired) electrons. The van der Waals surface area contributed by atoms with E-state index in [1.165, 1.54) is 0 Å². The lowest BCUT2D eigenvalue weighted by Crippen LogP contribution is -2.45. The molecule has 2 atom stereocenters. The van der Waals surface area contributed by atoms with Gasteiger partial charge in [-0.25, -0.2) is 8.42 Å². The van der Waals surface area contributed by atoms with Crippen LogP contribution in [0.3, 0.4) is 0 Å². The number of nitrogens with zero attached hydrogens (tertiary/aromatic N) is 2. The fourth-order valence-corrected chi connectivity index (χ4v) is 4.79. The van der Waals surface area contributed by atoms with Gasteiger partial charge in [-0.2, -0.15) is 4.31 Å². The van der Waals surface area contributed by atoms with Crippen molar-refractivity contribution in [1.82, 2.24) is 8.87 Å². The number of alkyl halides is 1. The summed E-state index contributed by atoms with van der Waals surface area (Å²) >= 11 is 5.87. The summed E-state index contributed by atoms with van der Waals surface area (Å²) in [4.78, 5) is 0.344. The molecule has 3 heterocycles. The number of morpholine rings is 1. The molecule has 0 aromatic carbocycles. The van der Waals surface area contributed by atoms with E-state index in [1.54, 1.807) is 16.6 Å². The number of sulfonamides is 1. The average molecular weight is 319 g/mol. The lowest BCUT2D eigenvalue weighted by atomic mass is 10.2. The summed E-state index contributed by atoms with van der Waals surface area (Å²) in [5.74, 6) is 0.317. The van der Waals surface area contributed by atoms with Crippen LogP contribution in [0.1, 0.15) is 25.5 Å². The first-order valence-electron chi connectivity index (χ1n) is 6.95. The van der Waals surface area contributed by atoms with Gasteiger partial charge in [-0.05, 0) is 25.8 Å². The fraction of sp³-hybridized carbons (Fsp3) is 0.692. The first-order valence-corrected chi connectivity index (χ1v) is 8.92. The quantitative estimate of drug-likeness (QED) is 0.795. The average Bonchev–Trinajstić information content (AvgIpc) is 3.01. The monoisotopic (exact) mass is 318 g/mol. The van der Waals surface area contributed by atoms with E-state index in [2.05, 4.69) is 0 Å². The van der Waals surface area contributed by atoms with Crippen molar-refractivity contribution >= 4 is 21.6 Å². The molecule has 2 bridgehead atoms. The van der Waals surface area contributed by atoms with Crippen LogP contribution < -0.4 is 0 Å². The molecule has 1 aromatic heterocycles. The third-order valence-electron chi connectivity index (χ3n) is 4.09. The summed E-state index contributed by atoms with van der Waals surface area (Å²) in [5, 5.41) is 0. The van der Waals surface area contributed by atoms with Crippen molar-refractivity contribution in [2.45, 2.75) is 49.3 Å². The number of ether oxygens (including phenoxy) is 1. The molecule has 0 amide bonds. The second kappa shape index (κ2) is 5.33. The van der Waals surface area contributed by atoms with E-state index >= 15 is 0 Å². The van der Waals surface area contributed by atoms with Crippen LogP contribution in [-0.4, -0.2) is 42.6 Å². The van der Waals surface area contributed by atoms with Gasteiger partial charge in [0.15, 0.2) is 0 Å². The smallest absolute Gasteiger partial charge is 0.244 e. The van der Waals surface area contributed by atoms with Crippen LogP contribution in [0.5, 0.6) is 0 Å². The lowest BCUT2D eigenvalue weighted by Gasteiger charge is -2.30. The molecular weight excluding hydrogens is 300 g/mol. The third-order valence-corrected chi connectivity index (χ3v) is 6.16. The molecule has 5 nitrogen and oxygen atoms in total. The van der Waals surface area contributed by atoms with E-state index in [9.17, 15) is 8.42 Å². The first kappa shape index (κ1) is 14.4. The van der Waals surface area contributed by atoms with Crippen molar-refractivity contribution in [3.63, 3.8) is 0 Å². The van der Waals surface area contributed by atoms with E-state index in [4.69, 9.17) is 16.3 Å². The first-order chi connectivity index (χ1) is 9.54. The van der Waals surface area contributed by atoms with Crippen LogP contribution in [0, 0.1) is 0 Å². The van der Waals surface area contributed by atoms with Gasteiger partial charge in [-0.1, -0.05) is 0 Å². The van der Waals surface area contributed by atoms with E-state index in [0.717, 1.165) is 18.5 Å². The van der Waals surface area contributed by atoms with Crippen LogP contribution in [0.2, 0.25) is 0 Å². The molecule has 2 fully saturated rings. The number of hydrogen-bond acceptors (Lipinski definition) is 3. The molecule has 1 aromatic rings. The second-order valence-corrected chi connectivity index (χ2v) is 7.57. The van der Waals surface area contributed by atoms with Gasteiger partial charge in [0.05, 0.1) is 18.1 Å². The highest BCUT2D eigenvalue weighted by Gasteiger charge is 2.39. The number of aromatic nitrogens is 1. The number of aryl methyl sites for hydroxylation is 1. The zero-order valence-electron chi connectivity index (χ0n) is 11.5. The molecule has 2 saturated heterocycles. The maximum atomic E-state index is 12.7. The minimum atomic E-state index is -3.44. The van der Waals surface area contributed by atoms with E-state index < -0.39 is 10.0 Å². The van der Waals surface area contributed by atoms with Gasteiger partial charge in [0.2, 0.25) is 10.0 Å². The van der Waals surface area contributed by atoms with E-state index in [-0.39, 0.29) is 12.2 Å². The van der Waals surface area contributed by atoms with Gasteiger partial charge in [0, 0.05) is 31.5 Å². The number of rotatable bonds is 4. The Morgan fingerprint density at radius 2 is 2.00 bits per heavy atom. The Morgan fingerprint density at radius 1 is 1.35 bits per heavy atom. The molecule has 0 aliphatic carbocycles. The molecule has 2 unspecified atom stereocenters. The summed E-state index contributed by atoms with van der Waals surface area (Å²) in [5.41, 5.74) is 0.837. The maximum absolute atomic E-state index is 12.7. The van der Waals surface area contributed by atoms with Crippen molar-refractivity contribution in [1.29, 1.82) is 0 Å². The van der Waals surface area contributed by atoms with Crippen molar-refractivity contribution in [3.05, 3.63) is 18.0 Å². The normalized spacial score (nSPS) is 27.1. The van der Waals surface area contributed by atoms with Crippen molar-refractivity contribution < 1.29 is 13.2 Å². The van der Waals surface area contributed by atoms with Gasteiger partial charge < -0.3 is 9.30 Å². The van der Waals surface area contributed by atoms with Crippen LogP contribution in [0.15, 0.2) is 17.2 Å². The maximum Gasteiger partial charge on any atom is 0.244 e. The van der Waals surface area contributed by atoms with Gasteiger partial charge in [-0.3, -0.25) is 0 Å². The highest BCUT2D eigenvalue weighted by Crippen LogP contribution is 2.30. The zero-order valence-corrected chi connectivity index (χ0v) is 13.0. The number of fused-ring (bicyclic) bond motifs is 2. The van der Waals surface area contributed by atoms with Gasteiger partial charge in [0.1, 0.15) is 4.90 Å². The van der Waals surface area contributed by atoms with Crippen LogP contribution >= 0.6 is 11.6 Å². The summed E-state index contributed by atoms with van der Waals surface area (Å²) in [6.07, 6.45) is 3.72. The van der Waals surface area contributed by atoms with Crippen LogP contribution in [-0.2, 0) is 27.2 Å². The standard InChI is InChI=1S/C13H19ClN2O3S/c1-2-15-9-13(5-10(15)6-14)20(17,18)16-7-11-3-4-12(8-16)19-11/h5,9,11-12H,2-4,6-8H2,1H3. The van der Waals surface area contributed by atoms with E-state index in [0.29, 0.717) is 30.4 Å². The van der Waals surface area contributed by atoms with Crippen molar-refractivity contribution in [3.8, 4) is 0 Å². The van der Waals surface area contributed by atoms with Crippen LogP contribution in [0.4, 0.5) is 0 Å². The molecule has 0 spiro atoms. The Kier molecular flexibility index (Phi) is 3.83.